The van der Waals surface area contributed by atoms with Crippen LogP contribution in [-0.4, -0.2) is 39.7 Å². The summed E-state index contributed by atoms with van der Waals surface area (Å²) in [4.78, 5) is 23.2. The normalized spacial score (nSPS) is 18.8. The first kappa shape index (κ1) is 21.9. The quantitative estimate of drug-likeness (QED) is 0.545. The average molecular weight is 485 g/mol. The maximum Gasteiger partial charge on any atom is 0.358 e. The highest BCUT2D eigenvalue weighted by molar-refractivity contribution is 6.43. The molecule has 0 aliphatic carbocycles. The minimum atomic E-state index is -1.15. The molecule has 0 unspecified atom stereocenters. The molecule has 1 aromatic heterocycles. The zero-order chi connectivity index (χ0) is 23.3. The predicted octanol–water partition coefficient (Wildman–Crippen LogP) is 4.89. The van der Waals surface area contributed by atoms with Gasteiger partial charge in [0.1, 0.15) is 11.4 Å². The number of ether oxygens (including phenoxy) is 1. The Balaban J connectivity index is 1.46. The van der Waals surface area contributed by atoms with E-state index in [1.165, 1.54) is 0 Å². The summed E-state index contributed by atoms with van der Waals surface area (Å²) in [6, 6.07) is 12.8. The van der Waals surface area contributed by atoms with E-state index in [0.29, 0.717) is 58.7 Å². The van der Waals surface area contributed by atoms with E-state index in [-0.39, 0.29) is 11.7 Å². The minimum absolute atomic E-state index is 0.123. The van der Waals surface area contributed by atoms with Crippen molar-refractivity contribution in [3.05, 3.63) is 69.5 Å². The molecule has 2 aliphatic rings. The molecule has 1 atom stereocenters. The number of fused-ring (bicyclic) bond motifs is 1. The van der Waals surface area contributed by atoms with Crippen LogP contribution in [0.4, 0.5) is 5.82 Å². The number of rotatable bonds is 3. The van der Waals surface area contributed by atoms with Crippen molar-refractivity contribution in [1.82, 2.24) is 9.97 Å². The number of nitrogens with zero attached hydrogens (tertiary/aromatic N) is 3. The van der Waals surface area contributed by atoms with E-state index in [0.717, 1.165) is 11.3 Å². The number of hydrogen-bond donors (Lipinski definition) is 2. The van der Waals surface area contributed by atoms with Crippen molar-refractivity contribution in [3.8, 4) is 17.0 Å². The highest BCUT2D eigenvalue weighted by Gasteiger charge is 2.48. The molecule has 5 rings (SSSR count). The lowest BCUT2D eigenvalue weighted by atomic mass is 9.83. The van der Waals surface area contributed by atoms with Crippen LogP contribution in [-0.2, 0) is 0 Å². The number of halogens is 2. The Morgan fingerprint density at radius 1 is 1.15 bits per heavy atom. The number of carboxylic acids is 1. The van der Waals surface area contributed by atoms with E-state index in [9.17, 15) is 9.90 Å². The van der Waals surface area contributed by atoms with Crippen LogP contribution in [0.2, 0.25) is 10.0 Å². The van der Waals surface area contributed by atoms with Crippen LogP contribution in [0.1, 0.15) is 40.6 Å². The minimum Gasteiger partial charge on any atom is -0.485 e. The lowest BCUT2D eigenvalue weighted by molar-refractivity contribution is 0.0430. The number of carboxylic acid groups (broad SMARTS) is 1. The van der Waals surface area contributed by atoms with Crippen LogP contribution in [0.5, 0.6) is 5.75 Å². The summed E-state index contributed by atoms with van der Waals surface area (Å²) in [5, 5.41) is 10.6. The van der Waals surface area contributed by atoms with Gasteiger partial charge in [-0.25, -0.2) is 14.8 Å². The Morgan fingerprint density at radius 3 is 2.58 bits per heavy atom. The molecular formula is C24H22Cl2N4O3. The fourth-order valence-electron chi connectivity index (χ4n) is 4.72. The van der Waals surface area contributed by atoms with Crippen molar-refractivity contribution in [2.45, 2.75) is 31.4 Å². The van der Waals surface area contributed by atoms with Gasteiger partial charge in [0.05, 0.1) is 27.5 Å². The molecular weight excluding hydrogens is 463 g/mol. The maximum absolute atomic E-state index is 12.1. The Kier molecular flexibility index (Phi) is 5.43. The second-order valence-corrected chi connectivity index (χ2v) is 9.19. The molecule has 1 spiro atoms. The average Bonchev–Trinajstić information content (AvgIpc) is 3.07. The summed E-state index contributed by atoms with van der Waals surface area (Å²) in [5.74, 6) is 0.00214. The topological polar surface area (TPSA) is 102 Å². The number of benzene rings is 2. The third-order valence-electron chi connectivity index (χ3n) is 6.50. The Hall–Kier alpha value is -2.87. The van der Waals surface area contributed by atoms with Crippen LogP contribution < -0.4 is 15.4 Å². The zero-order valence-corrected chi connectivity index (χ0v) is 19.4. The number of aryl methyl sites for hydroxylation is 1. The summed E-state index contributed by atoms with van der Waals surface area (Å²) >= 11 is 12.5. The summed E-state index contributed by atoms with van der Waals surface area (Å²) in [5.41, 5.74) is 8.46. The first-order valence-corrected chi connectivity index (χ1v) is 11.4. The fourth-order valence-corrected chi connectivity index (χ4v) is 5.11. The molecule has 0 saturated carbocycles. The van der Waals surface area contributed by atoms with Gasteiger partial charge in [-0.3, -0.25) is 0 Å². The van der Waals surface area contributed by atoms with E-state index in [1.807, 2.05) is 29.2 Å². The summed E-state index contributed by atoms with van der Waals surface area (Å²) < 4.78 is 6.30. The summed E-state index contributed by atoms with van der Waals surface area (Å²) in [7, 11) is 0. The van der Waals surface area contributed by atoms with Gasteiger partial charge in [0.25, 0.3) is 0 Å². The Labute approximate surface area is 201 Å². The van der Waals surface area contributed by atoms with Crippen LogP contribution in [0.25, 0.3) is 11.3 Å². The number of para-hydroxylation sites is 1. The largest absolute Gasteiger partial charge is 0.485 e. The smallest absolute Gasteiger partial charge is 0.358 e. The highest BCUT2D eigenvalue weighted by atomic mass is 35.5. The maximum atomic E-state index is 12.1. The number of nitrogens with two attached hydrogens (primary N) is 1. The molecule has 33 heavy (non-hydrogen) atoms. The van der Waals surface area contributed by atoms with Gasteiger partial charge in [0.15, 0.2) is 11.5 Å². The van der Waals surface area contributed by atoms with Crippen LogP contribution in [0.15, 0.2) is 42.5 Å². The Morgan fingerprint density at radius 2 is 1.88 bits per heavy atom. The van der Waals surface area contributed by atoms with Gasteiger partial charge in [-0.2, -0.15) is 0 Å². The van der Waals surface area contributed by atoms with Crippen LogP contribution >= 0.6 is 23.2 Å². The van der Waals surface area contributed by atoms with Crippen molar-refractivity contribution in [2.24, 2.45) is 5.73 Å². The molecule has 2 aromatic carbocycles. The second kappa shape index (κ2) is 8.17. The fraction of sp³-hybridized carbons (Fsp3) is 0.292. The van der Waals surface area contributed by atoms with E-state index in [2.05, 4.69) is 9.97 Å². The third-order valence-corrected chi connectivity index (χ3v) is 7.32. The number of aromatic nitrogens is 2. The third kappa shape index (κ3) is 3.60. The van der Waals surface area contributed by atoms with Crippen molar-refractivity contribution >= 4 is 35.0 Å². The molecule has 1 fully saturated rings. The monoisotopic (exact) mass is 484 g/mol. The molecule has 170 valence electrons. The predicted molar refractivity (Wildman–Crippen MR) is 127 cm³/mol. The molecule has 3 aromatic rings. The van der Waals surface area contributed by atoms with E-state index < -0.39 is 11.6 Å². The van der Waals surface area contributed by atoms with E-state index >= 15 is 0 Å². The number of carbonyl (C=O) groups is 1. The first-order chi connectivity index (χ1) is 15.8. The van der Waals surface area contributed by atoms with Gasteiger partial charge >= 0.3 is 5.97 Å². The standard InChI is InChI=1S/C24H22Cl2N4O3/c1-13-19(15-6-4-7-16(25)18(15)26)29-20(23(31)32)22(28-13)30-11-9-24(10-12-30)21(27)14-5-2-3-8-17(14)33-24/h2-8,21H,9-12,27H2,1H3,(H,31,32)/t21-/m1/s1. The van der Waals surface area contributed by atoms with Gasteiger partial charge in [0, 0.05) is 37.1 Å². The van der Waals surface area contributed by atoms with Crippen molar-refractivity contribution < 1.29 is 14.6 Å². The summed E-state index contributed by atoms with van der Waals surface area (Å²) in [6.07, 6.45) is 1.29. The second-order valence-electron chi connectivity index (χ2n) is 8.41. The number of piperidine rings is 1. The van der Waals surface area contributed by atoms with Gasteiger partial charge in [0.2, 0.25) is 0 Å². The van der Waals surface area contributed by atoms with Crippen LogP contribution in [0, 0.1) is 6.92 Å². The van der Waals surface area contributed by atoms with Crippen molar-refractivity contribution in [1.29, 1.82) is 0 Å². The SMILES string of the molecule is Cc1nc(N2CCC3(CC2)Oc2ccccc2[C@H]3N)c(C(=O)O)nc1-c1cccc(Cl)c1Cl. The van der Waals surface area contributed by atoms with E-state index in [1.54, 1.807) is 25.1 Å². The number of aromatic carboxylic acids is 1. The molecule has 0 bridgehead atoms. The number of anilines is 1. The highest BCUT2D eigenvalue weighted by Crippen LogP contribution is 2.47. The van der Waals surface area contributed by atoms with Gasteiger partial charge in [-0.1, -0.05) is 53.5 Å². The van der Waals surface area contributed by atoms with Gasteiger partial charge in [-0.05, 0) is 19.1 Å². The molecule has 0 amide bonds. The zero-order valence-electron chi connectivity index (χ0n) is 17.9. The summed E-state index contributed by atoms with van der Waals surface area (Å²) in [6.45, 7) is 2.88. The molecule has 9 heteroatoms. The van der Waals surface area contributed by atoms with E-state index in [4.69, 9.17) is 33.7 Å². The number of hydrogen-bond acceptors (Lipinski definition) is 6. The molecule has 7 nitrogen and oxygen atoms in total. The first-order valence-electron chi connectivity index (χ1n) is 10.7. The molecule has 2 aliphatic heterocycles. The molecule has 1 saturated heterocycles. The molecule has 3 N–H and O–H groups in total. The lowest BCUT2D eigenvalue weighted by Crippen LogP contribution is -2.52. The van der Waals surface area contributed by atoms with Crippen molar-refractivity contribution in [3.63, 3.8) is 0 Å². The molecule has 3 heterocycles. The van der Waals surface area contributed by atoms with Gasteiger partial charge < -0.3 is 20.5 Å². The molecule has 0 radical (unpaired) electrons. The lowest BCUT2D eigenvalue weighted by Gasteiger charge is -2.41. The van der Waals surface area contributed by atoms with Gasteiger partial charge in [-0.15, -0.1) is 0 Å². The Bertz CT molecular complexity index is 1260. The van der Waals surface area contributed by atoms with Crippen LogP contribution in [0.3, 0.4) is 0 Å². The van der Waals surface area contributed by atoms with Crippen molar-refractivity contribution in [2.75, 3.05) is 18.0 Å².